The minimum atomic E-state index is -5.60. The van der Waals surface area contributed by atoms with Gasteiger partial charge < -0.3 is 15.2 Å². The van der Waals surface area contributed by atoms with Crippen LogP contribution in [-0.2, 0) is 14.3 Å². The number of aliphatic hydroxyl groups is 1. The number of benzene rings is 1. The van der Waals surface area contributed by atoms with Crippen LogP contribution in [0.3, 0.4) is 0 Å². The predicted octanol–water partition coefficient (Wildman–Crippen LogP) is 1.61. The number of nitro groups is 1. The van der Waals surface area contributed by atoms with E-state index < -0.39 is 39.6 Å². The maximum absolute atomic E-state index is 13.0. The summed E-state index contributed by atoms with van der Waals surface area (Å²) in [6.45, 7) is 0. The zero-order valence-corrected chi connectivity index (χ0v) is 12.6. The molecule has 1 aromatic carbocycles. The third-order valence-electron chi connectivity index (χ3n) is 2.85. The molecule has 8 nitrogen and oxygen atoms in total. The third kappa shape index (κ3) is 3.74. The SMILES string of the molecule is COC(=O)[C@@](O)([C@@H](Cl)C(=O)Nc1cccc([N+](=O)[O-])c1)C(F)(F)F. The summed E-state index contributed by atoms with van der Waals surface area (Å²) in [6, 6.07) is 4.23. The Kier molecular flexibility index (Phi) is 5.74. The molecule has 2 N–H and O–H groups in total. The monoisotopic (exact) mass is 370 g/mol. The van der Waals surface area contributed by atoms with Crippen LogP contribution in [0.15, 0.2) is 24.3 Å². The Bertz CT molecular complexity index is 668. The van der Waals surface area contributed by atoms with E-state index in [2.05, 4.69) is 4.74 Å². The Morgan fingerprint density at radius 2 is 2.00 bits per heavy atom. The quantitative estimate of drug-likeness (QED) is 0.352. The molecule has 24 heavy (non-hydrogen) atoms. The Labute approximate surface area is 137 Å². The van der Waals surface area contributed by atoms with Gasteiger partial charge in [-0.1, -0.05) is 6.07 Å². The van der Waals surface area contributed by atoms with E-state index in [0.717, 1.165) is 24.3 Å². The second kappa shape index (κ2) is 7.01. The van der Waals surface area contributed by atoms with Crippen molar-refractivity contribution in [1.29, 1.82) is 0 Å². The van der Waals surface area contributed by atoms with Gasteiger partial charge in [0, 0.05) is 17.8 Å². The molecule has 1 aromatic rings. The molecule has 0 aliphatic carbocycles. The lowest BCUT2D eigenvalue weighted by Crippen LogP contribution is -2.62. The van der Waals surface area contributed by atoms with E-state index in [-0.39, 0.29) is 5.69 Å². The van der Waals surface area contributed by atoms with Crippen LogP contribution >= 0.6 is 11.6 Å². The Balaban J connectivity index is 3.11. The maximum atomic E-state index is 13.0. The minimum Gasteiger partial charge on any atom is -0.467 e. The van der Waals surface area contributed by atoms with Crippen LogP contribution in [0, 0.1) is 10.1 Å². The lowest BCUT2D eigenvalue weighted by Gasteiger charge is -2.30. The molecule has 1 rings (SSSR count). The van der Waals surface area contributed by atoms with Crippen molar-refractivity contribution in [3.8, 4) is 0 Å². The first-order valence-corrected chi connectivity index (χ1v) is 6.45. The first kappa shape index (κ1) is 19.6. The second-order valence-corrected chi connectivity index (χ2v) is 4.85. The average molecular weight is 371 g/mol. The zero-order chi connectivity index (χ0) is 18.7. The number of non-ortho nitro benzene ring substituents is 1. The van der Waals surface area contributed by atoms with Gasteiger partial charge in [0.15, 0.2) is 5.38 Å². The van der Waals surface area contributed by atoms with Gasteiger partial charge in [-0.25, -0.2) is 4.79 Å². The van der Waals surface area contributed by atoms with Gasteiger partial charge in [-0.3, -0.25) is 14.9 Å². The normalized spacial score (nSPS) is 15.1. The number of rotatable bonds is 5. The zero-order valence-electron chi connectivity index (χ0n) is 11.8. The molecule has 0 aliphatic rings. The van der Waals surface area contributed by atoms with E-state index >= 15 is 0 Å². The summed E-state index contributed by atoms with van der Waals surface area (Å²) >= 11 is 5.33. The largest absolute Gasteiger partial charge is 0.467 e. The van der Waals surface area contributed by atoms with Crippen LogP contribution in [0.2, 0.25) is 0 Å². The van der Waals surface area contributed by atoms with Crippen molar-refractivity contribution >= 4 is 34.9 Å². The van der Waals surface area contributed by atoms with Crippen LogP contribution in [-0.4, -0.2) is 46.2 Å². The molecular formula is C12H10ClF3N2O6. The molecule has 0 saturated carbocycles. The summed E-state index contributed by atoms with van der Waals surface area (Å²) in [6.07, 6.45) is -5.60. The van der Waals surface area contributed by atoms with Crippen LogP contribution in [0.4, 0.5) is 24.5 Å². The van der Waals surface area contributed by atoms with E-state index in [1.807, 2.05) is 5.32 Å². The number of alkyl halides is 4. The first-order valence-electron chi connectivity index (χ1n) is 6.02. The van der Waals surface area contributed by atoms with Gasteiger partial charge in [-0.05, 0) is 6.07 Å². The van der Waals surface area contributed by atoms with Gasteiger partial charge in [0.1, 0.15) is 0 Å². The minimum absolute atomic E-state index is 0.255. The summed E-state index contributed by atoms with van der Waals surface area (Å²) in [5.74, 6) is -3.79. The molecule has 0 radical (unpaired) electrons. The highest BCUT2D eigenvalue weighted by molar-refractivity contribution is 6.35. The van der Waals surface area contributed by atoms with Gasteiger partial charge >= 0.3 is 12.1 Å². The summed E-state index contributed by atoms with van der Waals surface area (Å²) < 4.78 is 42.7. The van der Waals surface area contributed by atoms with Crippen LogP contribution in [0.5, 0.6) is 0 Å². The standard InChI is InChI=1S/C12H10ClF3N2O6/c1-24-10(20)11(21,12(14,15)16)8(13)9(19)17-6-3-2-4-7(5-6)18(22)23/h2-5,8,21H,1H3,(H,17,19)/t8-,11-/m0/s1. The number of esters is 1. The highest BCUT2D eigenvalue weighted by Gasteiger charge is 2.67. The van der Waals surface area contributed by atoms with E-state index in [4.69, 9.17) is 11.6 Å². The fraction of sp³-hybridized carbons (Fsp3) is 0.333. The van der Waals surface area contributed by atoms with Crippen molar-refractivity contribution < 1.29 is 37.5 Å². The topological polar surface area (TPSA) is 119 Å². The van der Waals surface area contributed by atoms with Crippen molar-refractivity contribution in [3.05, 3.63) is 34.4 Å². The van der Waals surface area contributed by atoms with Crippen molar-refractivity contribution in [2.24, 2.45) is 0 Å². The molecule has 0 unspecified atom stereocenters. The molecule has 1 amide bonds. The number of carbonyl (C=O) groups excluding carboxylic acids is 2. The lowest BCUT2D eigenvalue weighted by atomic mass is 9.98. The van der Waals surface area contributed by atoms with E-state index in [1.54, 1.807) is 0 Å². The molecule has 132 valence electrons. The van der Waals surface area contributed by atoms with Gasteiger partial charge in [0.2, 0.25) is 5.91 Å². The van der Waals surface area contributed by atoms with Gasteiger partial charge in [-0.2, -0.15) is 13.2 Å². The molecule has 2 atom stereocenters. The summed E-state index contributed by atoms with van der Waals surface area (Å²) in [5.41, 5.74) is -5.00. The number of ether oxygens (including phenoxy) is 1. The number of methoxy groups -OCH3 is 1. The number of nitro benzene ring substituents is 1. The number of hydrogen-bond acceptors (Lipinski definition) is 6. The van der Waals surface area contributed by atoms with Gasteiger partial charge in [-0.15, -0.1) is 11.6 Å². The summed E-state index contributed by atoms with van der Waals surface area (Å²) in [4.78, 5) is 32.9. The van der Waals surface area contributed by atoms with E-state index in [9.17, 15) is 38.0 Å². The van der Waals surface area contributed by atoms with Crippen molar-refractivity contribution in [3.63, 3.8) is 0 Å². The number of anilines is 1. The van der Waals surface area contributed by atoms with Gasteiger partial charge in [0.25, 0.3) is 11.3 Å². The smallest absolute Gasteiger partial charge is 0.430 e. The molecule has 0 heterocycles. The number of nitrogens with zero attached hydrogens (tertiary/aromatic N) is 1. The summed E-state index contributed by atoms with van der Waals surface area (Å²) in [7, 11) is 0.571. The van der Waals surface area contributed by atoms with Gasteiger partial charge in [0.05, 0.1) is 12.0 Å². The average Bonchev–Trinajstić information content (AvgIpc) is 2.51. The number of amides is 1. The highest BCUT2D eigenvalue weighted by atomic mass is 35.5. The molecule has 12 heteroatoms. The van der Waals surface area contributed by atoms with Crippen molar-refractivity contribution in [2.45, 2.75) is 17.2 Å². The molecule has 0 aromatic heterocycles. The number of nitrogens with one attached hydrogen (secondary N) is 1. The first-order chi connectivity index (χ1) is 10.9. The van der Waals surface area contributed by atoms with Crippen LogP contribution < -0.4 is 5.32 Å². The third-order valence-corrected chi connectivity index (χ3v) is 3.36. The van der Waals surface area contributed by atoms with E-state index in [0.29, 0.717) is 7.11 Å². The summed E-state index contributed by atoms with van der Waals surface area (Å²) in [5, 5.41) is 19.2. The predicted molar refractivity (Wildman–Crippen MR) is 74.4 cm³/mol. The Morgan fingerprint density at radius 3 is 2.46 bits per heavy atom. The Morgan fingerprint density at radius 1 is 1.42 bits per heavy atom. The Hall–Kier alpha value is -2.40. The number of carbonyl (C=O) groups is 2. The number of halogens is 4. The molecular weight excluding hydrogens is 361 g/mol. The fourth-order valence-electron chi connectivity index (χ4n) is 1.61. The lowest BCUT2D eigenvalue weighted by molar-refractivity contribution is -0.384. The molecule has 0 bridgehead atoms. The van der Waals surface area contributed by atoms with Crippen molar-refractivity contribution in [2.75, 3.05) is 12.4 Å². The second-order valence-electron chi connectivity index (χ2n) is 4.41. The highest BCUT2D eigenvalue weighted by Crippen LogP contribution is 2.37. The van der Waals surface area contributed by atoms with E-state index in [1.165, 1.54) is 0 Å². The molecule has 0 fully saturated rings. The van der Waals surface area contributed by atoms with Crippen LogP contribution in [0.1, 0.15) is 0 Å². The fourth-order valence-corrected chi connectivity index (χ4v) is 1.88. The molecule has 0 saturated heterocycles. The molecule has 0 aliphatic heterocycles. The maximum Gasteiger partial charge on any atom is 0.430 e. The van der Waals surface area contributed by atoms with Crippen LogP contribution in [0.25, 0.3) is 0 Å². The van der Waals surface area contributed by atoms with Crippen molar-refractivity contribution in [1.82, 2.24) is 0 Å². The molecule has 0 spiro atoms. The number of hydrogen-bond donors (Lipinski definition) is 2.